The Kier molecular flexibility index (Phi) is 11.0. The van der Waals surface area contributed by atoms with Crippen LogP contribution in [0.15, 0.2) is 71.6 Å². The van der Waals surface area contributed by atoms with E-state index in [2.05, 4.69) is 5.32 Å². The van der Waals surface area contributed by atoms with E-state index in [9.17, 15) is 18.0 Å². The second-order valence-electron chi connectivity index (χ2n) is 9.33. The number of carbonyl (C=O) groups is 2. The molecule has 11 heteroatoms. The fourth-order valence-electron chi connectivity index (χ4n) is 4.39. The fraction of sp³-hybridized carbons (Fsp3) is 0.333. The maximum absolute atomic E-state index is 14.1. The molecule has 0 heterocycles. The molecule has 0 aromatic heterocycles. The van der Waals surface area contributed by atoms with E-state index >= 15 is 0 Å². The number of amides is 2. The average molecular weight is 602 g/mol. The standard InChI is InChI=1S/C30H36ClN3O6S/c1-6-26(30(36)32-7-2)33(19-22-9-8-10-24(17-22)39-4)29(35)20-34(27-18-23(31)13-16-28(27)40-5)41(37,38)25-14-11-21(3)12-15-25/h8-18,26H,6-7,19-20H2,1-5H3,(H,32,36)/t26-/m0/s1. The molecule has 0 saturated carbocycles. The number of carbonyl (C=O) groups excluding carboxylic acids is 2. The van der Waals surface area contributed by atoms with Gasteiger partial charge < -0.3 is 19.7 Å². The molecule has 1 N–H and O–H groups in total. The third-order valence-electron chi connectivity index (χ3n) is 6.52. The van der Waals surface area contributed by atoms with Crippen LogP contribution in [0.4, 0.5) is 5.69 Å². The molecule has 41 heavy (non-hydrogen) atoms. The fourth-order valence-corrected chi connectivity index (χ4v) is 5.97. The van der Waals surface area contributed by atoms with Gasteiger partial charge in [-0.05, 0) is 68.3 Å². The minimum absolute atomic E-state index is 0.00644. The molecule has 2 amide bonds. The summed E-state index contributed by atoms with van der Waals surface area (Å²) in [5.41, 5.74) is 1.69. The van der Waals surface area contributed by atoms with Gasteiger partial charge in [-0.2, -0.15) is 0 Å². The van der Waals surface area contributed by atoms with Crippen LogP contribution in [0.5, 0.6) is 11.5 Å². The first-order valence-electron chi connectivity index (χ1n) is 13.2. The van der Waals surface area contributed by atoms with Gasteiger partial charge in [0, 0.05) is 18.1 Å². The van der Waals surface area contributed by atoms with Gasteiger partial charge in [0.15, 0.2) is 0 Å². The highest BCUT2D eigenvalue weighted by Gasteiger charge is 2.34. The van der Waals surface area contributed by atoms with Gasteiger partial charge in [0.25, 0.3) is 10.0 Å². The number of benzene rings is 3. The number of nitrogens with zero attached hydrogens (tertiary/aromatic N) is 2. The molecule has 9 nitrogen and oxygen atoms in total. The van der Waals surface area contributed by atoms with E-state index in [0.717, 1.165) is 9.87 Å². The highest BCUT2D eigenvalue weighted by atomic mass is 35.5. The molecule has 0 aliphatic rings. The van der Waals surface area contributed by atoms with Crippen molar-refractivity contribution in [1.29, 1.82) is 0 Å². The van der Waals surface area contributed by atoms with Gasteiger partial charge in [0.2, 0.25) is 11.8 Å². The number of rotatable bonds is 13. The summed E-state index contributed by atoms with van der Waals surface area (Å²) in [6.45, 7) is 5.26. The van der Waals surface area contributed by atoms with Crippen LogP contribution in [0, 0.1) is 6.92 Å². The Morgan fingerprint density at radius 3 is 2.29 bits per heavy atom. The van der Waals surface area contributed by atoms with E-state index in [0.29, 0.717) is 24.3 Å². The van der Waals surface area contributed by atoms with E-state index in [1.165, 1.54) is 43.4 Å². The Morgan fingerprint density at radius 2 is 1.68 bits per heavy atom. The lowest BCUT2D eigenvalue weighted by Crippen LogP contribution is -2.52. The molecule has 3 aromatic rings. The van der Waals surface area contributed by atoms with Crippen molar-refractivity contribution in [2.24, 2.45) is 0 Å². The quantitative estimate of drug-likeness (QED) is 0.302. The van der Waals surface area contributed by atoms with Crippen LogP contribution < -0.4 is 19.1 Å². The van der Waals surface area contributed by atoms with Crippen LogP contribution in [0.1, 0.15) is 31.4 Å². The number of ether oxygens (including phenoxy) is 2. The SMILES string of the molecule is CCNC(=O)[C@H](CC)N(Cc1cccc(OC)c1)C(=O)CN(c1cc(Cl)ccc1OC)S(=O)(=O)c1ccc(C)cc1. The van der Waals surface area contributed by atoms with Crippen LogP contribution in [0.2, 0.25) is 5.02 Å². The van der Waals surface area contributed by atoms with Crippen molar-refractivity contribution in [1.82, 2.24) is 10.2 Å². The molecule has 0 radical (unpaired) electrons. The number of anilines is 1. The Hall–Kier alpha value is -3.76. The molecular formula is C30H36ClN3O6S. The number of hydrogen-bond acceptors (Lipinski definition) is 6. The second-order valence-corrected chi connectivity index (χ2v) is 11.6. The number of methoxy groups -OCH3 is 2. The van der Waals surface area contributed by atoms with Crippen molar-refractivity contribution in [2.45, 2.75) is 44.7 Å². The number of sulfonamides is 1. The third kappa shape index (κ3) is 7.71. The smallest absolute Gasteiger partial charge is 0.264 e. The van der Waals surface area contributed by atoms with E-state index in [-0.39, 0.29) is 33.8 Å². The summed E-state index contributed by atoms with van der Waals surface area (Å²) in [6, 6.07) is 17.2. The molecule has 0 saturated heterocycles. The van der Waals surface area contributed by atoms with Gasteiger partial charge in [-0.15, -0.1) is 0 Å². The van der Waals surface area contributed by atoms with E-state index in [4.69, 9.17) is 21.1 Å². The monoisotopic (exact) mass is 601 g/mol. The lowest BCUT2D eigenvalue weighted by molar-refractivity contribution is -0.140. The summed E-state index contributed by atoms with van der Waals surface area (Å²) in [6.07, 6.45) is 0.312. The maximum atomic E-state index is 14.1. The number of likely N-dealkylation sites (N-methyl/N-ethyl adjacent to an activating group) is 1. The van der Waals surface area contributed by atoms with Crippen LogP contribution in [-0.4, -0.2) is 58.5 Å². The first-order chi connectivity index (χ1) is 19.5. The number of nitrogens with one attached hydrogen (secondary N) is 1. The summed E-state index contributed by atoms with van der Waals surface area (Å²) in [5.74, 6) is -0.107. The summed E-state index contributed by atoms with van der Waals surface area (Å²) in [4.78, 5) is 28.6. The molecular weight excluding hydrogens is 566 g/mol. The lowest BCUT2D eigenvalue weighted by atomic mass is 10.1. The molecule has 3 rings (SSSR count). The normalized spacial score (nSPS) is 11.9. The summed E-state index contributed by atoms with van der Waals surface area (Å²) in [5, 5.41) is 3.05. The molecule has 0 fully saturated rings. The van der Waals surface area contributed by atoms with Crippen LogP contribution in [0.3, 0.4) is 0 Å². The zero-order chi connectivity index (χ0) is 30.2. The van der Waals surface area contributed by atoms with Gasteiger partial charge in [-0.1, -0.05) is 48.4 Å². The van der Waals surface area contributed by atoms with Gasteiger partial charge in [-0.25, -0.2) is 8.42 Å². The number of aryl methyl sites for hydroxylation is 1. The lowest BCUT2D eigenvalue weighted by Gasteiger charge is -2.33. The molecule has 0 bridgehead atoms. The average Bonchev–Trinajstić information content (AvgIpc) is 2.96. The molecule has 3 aromatic carbocycles. The molecule has 0 unspecified atom stereocenters. The Labute approximate surface area is 247 Å². The van der Waals surface area contributed by atoms with E-state index in [1.54, 1.807) is 50.2 Å². The number of halogens is 1. The van der Waals surface area contributed by atoms with Gasteiger partial charge >= 0.3 is 0 Å². The zero-order valence-electron chi connectivity index (χ0n) is 23.9. The van der Waals surface area contributed by atoms with Gasteiger partial charge in [0.1, 0.15) is 24.1 Å². The van der Waals surface area contributed by atoms with Crippen molar-refractivity contribution < 1.29 is 27.5 Å². The van der Waals surface area contributed by atoms with Crippen LogP contribution in [-0.2, 0) is 26.2 Å². The zero-order valence-corrected chi connectivity index (χ0v) is 25.5. The minimum atomic E-state index is -4.27. The maximum Gasteiger partial charge on any atom is 0.264 e. The summed E-state index contributed by atoms with van der Waals surface area (Å²) >= 11 is 6.28. The van der Waals surface area contributed by atoms with Crippen LogP contribution in [0.25, 0.3) is 0 Å². The van der Waals surface area contributed by atoms with E-state index in [1.807, 2.05) is 13.0 Å². The van der Waals surface area contributed by atoms with Crippen molar-refractivity contribution in [3.63, 3.8) is 0 Å². The molecule has 0 aliphatic heterocycles. The van der Waals surface area contributed by atoms with Crippen molar-refractivity contribution in [2.75, 3.05) is 31.6 Å². The Bertz CT molecular complexity index is 1460. The van der Waals surface area contributed by atoms with Crippen LogP contribution >= 0.6 is 11.6 Å². The first-order valence-corrected chi connectivity index (χ1v) is 15.0. The third-order valence-corrected chi connectivity index (χ3v) is 8.53. The Balaban J connectivity index is 2.13. The predicted molar refractivity (Wildman–Crippen MR) is 160 cm³/mol. The van der Waals surface area contributed by atoms with Crippen molar-refractivity contribution in [3.8, 4) is 11.5 Å². The first kappa shape index (κ1) is 31.8. The Morgan fingerprint density at radius 1 is 0.976 bits per heavy atom. The topological polar surface area (TPSA) is 105 Å². The van der Waals surface area contributed by atoms with E-state index < -0.39 is 28.5 Å². The predicted octanol–water partition coefficient (Wildman–Crippen LogP) is 4.80. The molecule has 0 spiro atoms. The van der Waals surface area contributed by atoms with Crippen molar-refractivity contribution in [3.05, 3.63) is 82.9 Å². The number of hydrogen-bond donors (Lipinski definition) is 1. The minimum Gasteiger partial charge on any atom is -0.497 e. The van der Waals surface area contributed by atoms with Gasteiger partial charge in [-0.3, -0.25) is 13.9 Å². The second kappa shape index (κ2) is 14.2. The highest BCUT2D eigenvalue weighted by molar-refractivity contribution is 7.92. The molecule has 0 aliphatic carbocycles. The molecule has 220 valence electrons. The van der Waals surface area contributed by atoms with Gasteiger partial charge in [0.05, 0.1) is 24.8 Å². The highest BCUT2D eigenvalue weighted by Crippen LogP contribution is 2.35. The summed E-state index contributed by atoms with van der Waals surface area (Å²) < 4.78 is 39.9. The molecule has 1 atom stereocenters. The summed E-state index contributed by atoms with van der Waals surface area (Å²) in [7, 11) is -1.32. The van der Waals surface area contributed by atoms with Crippen molar-refractivity contribution >= 4 is 39.1 Å². The largest absolute Gasteiger partial charge is 0.497 e.